The molecule has 1 saturated carbocycles. The average molecular weight is 495 g/mol. The highest BCUT2D eigenvalue weighted by Crippen LogP contribution is 2.48. The summed E-state index contributed by atoms with van der Waals surface area (Å²) < 4.78 is 38.4. The Morgan fingerprint density at radius 2 is 1.82 bits per heavy atom. The molecule has 34 heavy (non-hydrogen) atoms. The number of aromatic nitrogens is 2. The largest absolute Gasteiger partial charge is 0.299 e. The van der Waals surface area contributed by atoms with E-state index < -0.39 is 15.7 Å². The molecule has 2 aromatic carbocycles. The van der Waals surface area contributed by atoms with Crippen molar-refractivity contribution >= 4 is 38.0 Å². The molecule has 0 saturated heterocycles. The Morgan fingerprint density at radius 3 is 2.56 bits per heavy atom. The Hall–Kier alpha value is -3.16. The number of benzene rings is 2. The van der Waals surface area contributed by atoms with E-state index in [4.69, 9.17) is 11.6 Å². The normalized spacial score (nSPS) is 17.6. The summed E-state index contributed by atoms with van der Waals surface area (Å²) in [5, 5.41) is 2.36. The molecule has 2 aromatic heterocycles. The first-order valence-electron chi connectivity index (χ1n) is 10.8. The molecule has 0 amide bonds. The van der Waals surface area contributed by atoms with Gasteiger partial charge in [0.1, 0.15) is 11.6 Å². The average Bonchev–Trinajstić information content (AvgIpc) is 3.62. The van der Waals surface area contributed by atoms with Gasteiger partial charge in [0.15, 0.2) is 9.84 Å². The van der Waals surface area contributed by atoms with Gasteiger partial charge in [-0.1, -0.05) is 35.9 Å². The first-order chi connectivity index (χ1) is 16.3. The highest BCUT2D eigenvalue weighted by atomic mass is 35.5. The number of sulfone groups is 1. The SMILES string of the molecule is O=C(Cc1ccc2cncc(Cl)c2c1)[C@@H]1CC1c1ccc(S(=O)(=O)Cc2ccc(F)cn2)cc1. The second-order valence-electron chi connectivity index (χ2n) is 8.56. The summed E-state index contributed by atoms with van der Waals surface area (Å²) in [6.45, 7) is 0. The van der Waals surface area contributed by atoms with Gasteiger partial charge < -0.3 is 0 Å². The molecule has 5 nitrogen and oxygen atoms in total. The van der Waals surface area contributed by atoms with Crippen LogP contribution < -0.4 is 0 Å². The van der Waals surface area contributed by atoms with Gasteiger partial charge in [0, 0.05) is 35.5 Å². The summed E-state index contributed by atoms with van der Waals surface area (Å²) in [4.78, 5) is 20.9. The van der Waals surface area contributed by atoms with Crippen molar-refractivity contribution in [3.05, 3.63) is 101 Å². The summed E-state index contributed by atoms with van der Waals surface area (Å²) in [6.07, 6.45) is 5.41. The number of halogens is 2. The van der Waals surface area contributed by atoms with Crippen LogP contribution in [0.1, 0.15) is 29.2 Å². The van der Waals surface area contributed by atoms with Gasteiger partial charge in [-0.25, -0.2) is 12.8 Å². The van der Waals surface area contributed by atoms with Crippen LogP contribution >= 0.6 is 11.6 Å². The van der Waals surface area contributed by atoms with Gasteiger partial charge in [0.2, 0.25) is 0 Å². The Balaban J connectivity index is 1.24. The molecule has 1 aliphatic carbocycles. The maximum absolute atomic E-state index is 13.0. The molecule has 5 rings (SSSR count). The highest BCUT2D eigenvalue weighted by Gasteiger charge is 2.43. The fourth-order valence-corrected chi connectivity index (χ4v) is 5.73. The first kappa shape index (κ1) is 22.6. The molecular formula is C26H20ClFN2O3S. The van der Waals surface area contributed by atoms with Crippen LogP contribution in [-0.2, 0) is 26.8 Å². The van der Waals surface area contributed by atoms with Crippen LogP contribution in [0.5, 0.6) is 0 Å². The number of hydrogen-bond acceptors (Lipinski definition) is 5. The zero-order valence-electron chi connectivity index (χ0n) is 18.0. The van der Waals surface area contributed by atoms with Crippen molar-refractivity contribution in [2.45, 2.75) is 29.4 Å². The molecule has 4 aromatic rings. The Morgan fingerprint density at radius 1 is 1.03 bits per heavy atom. The van der Waals surface area contributed by atoms with Gasteiger partial charge >= 0.3 is 0 Å². The van der Waals surface area contributed by atoms with E-state index in [1.54, 1.807) is 36.7 Å². The smallest absolute Gasteiger partial charge is 0.184 e. The zero-order chi connectivity index (χ0) is 23.9. The predicted molar refractivity (Wildman–Crippen MR) is 128 cm³/mol. The van der Waals surface area contributed by atoms with E-state index in [0.29, 0.717) is 11.4 Å². The Kier molecular flexibility index (Phi) is 5.91. The number of Topliss-reactive ketones (excluding diaryl/α,β-unsaturated/α-hetero) is 1. The lowest BCUT2D eigenvalue weighted by molar-refractivity contribution is -0.119. The molecule has 0 N–H and O–H groups in total. The van der Waals surface area contributed by atoms with Crippen LogP contribution in [0.15, 0.2) is 78.1 Å². The van der Waals surface area contributed by atoms with E-state index in [2.05, 4.69) is 9.97 Å². The van der Waals surface area contributed by atoms with Crippen molar-refractivity contribution in [2.75, 3.05) is 0 Å². The number of carbonyl (C=O) groups is 1. The zero-order valence-corrected chi connectivity index (χ0v) is 19.6. The molecule has 1 unspecified atom stereocenters. The van der Waals surface area contributed by atoms with Crippen LogP contribution in [-0.4, -0.2) is 24.2 Å². The number of rotatable bonds is 7. The number of ketones is 1. The van der Waals surface area contributed by atoms with Crippen molar-refractivity contribution in [1.82, 2.24) is 9.97 Å². The summed E-state index contributed by atoms with van der Waals surface area (Å²) in [6, 6.07) is 15.0. The van der Waals surface area contributed by atoms with Crippen molar-refractivity contribution in [1.29, 1.82) is 0 Å². The molecule has 2 atom stereocenters. The standard InChI is InChI=1S/C26H20ClFN2O3S/c27-25-14-29-12-18-2-1-16(9-23(18)25)10-26(31)24-11-22(24)17-3-7-21(8-4-17)34(32,33)15-20-6-5-19(28)13-30-20/h1-9,12-14,22,24H,10-11,15H2/t22?,24-/m1/s1. The second kappa shape index (κ2) is 8.89. The fraction of sp³-hybridized carbons (Fsp3) is 0.192. The van der Waals surface area contributed by atoms with Gasteiger partial charge in [-0.05, 0) is 53.8 Å². The third-order valence-corrected chi connectivity index (χ3v) is 8.12. The number of nitrogens with zero attached hydrogens (tertiary/aromatic N) is 2. The minimum Gasteiger partial charge on any atom is -0.299 e. The Labute approximate surface area is 201 Å². The van der Waals surface area contributed by atoms with Crippen LogP contribution in [0.4, 0.5) is 4.39 Å². The van der Waals surface area contributed by atoms with E-state index in [-0.39, 0.29) is 34.0 Å². The molecule has 8 heteroatoms. The highest BCUT2D eigenvalue weighted by molar-refractivity contribution is 7.90. The maximum atomic E-state index is 13.0. The molecule has 1 aliphatic rings. The summed E-state index contributed by atoms with van der Waals surface area (Å²) >= 11 is 6.23. The summed E-state index contributed by atoms with van der Waals surface area (Å²) in [5.41, 5.74) is 2.14. The van der Waals surface area contributed by atoms with Crippen molar-refractivity contribution in [3.63, 3.8) is 0 Å². The van der Waals surface area contributed by atoms with Gasteiger partial charge in [-0.15, -0.1) is 0 Å². The third kappa shape index (κ3) is 4.72. The number of pyridine rings is 2. The van der Waals surface area contributed by atoms with Gasteiger partial charge in [-0.2, -0.15) is 0 Å². The lowest BCUT2D eigenvalue weighted by Crippen LogP contribution is -2.07. The van der Waals surface area contributed by atoms with E-state index >= 15 is 0 Å². The molecule has 0 bridgehead atoms. The van der Waals surface area contributed by atoms with Crippen molar-refractivity contribution < 1.29 is 17.6 Å². The monoisotopic (exact) mass is 494 g/mol. The maximum Gasteiger partial charge on any atom is 0.184 e. The molecule has 1 fully saturated rings. The predicted octanol–water partition coefficient (Wildman–Crippen LogP) is 5.31. The topological polar surface area (TPSA) is 77.0 Å². The van der Waals surface area contributed by atoms with Crippen LogP contribution in [0.2, 0.25) is 5.02 Å². The first-order valence-corrected chi connectivity index (χ1v) is 12.8. The van der Waals surface area contributed by atoms with Crippen LogP contribution in [0, 0.1) is 11.7 Å². The van der Waals surface area contributed by atoms with Gasteiger partial charge in [0.05, 0.1) is 27.6 Å². The minimum absolute atomic E-state index is 0.0746. The molecule has 0 radical (unpaired) electrons. The van der Waals surface area contributed by atoms with Gasteiger partial charge in [-0.3, -0.25) is 14.8 Å². The number of carbonyl (C=O) groups excluding carboxylic acids is 1. The van der Waals surface area contributed by atoms with E-state index in [0.717, 1.165) is 34.5 Å². The lowest BCUT2D eigenvalue weighted by Gasteiger charge is -2.07. The summed E-state index contributed by atoms with van der Waals surface area (Å²) in [7, 11) is -3.61. The molecule has 2 heterocycles. The number of fused-ring (bicyclic) bond motifs is 1. The quantitative estimate of drug-likeness (QED) is 0.348. The molecular weight excluding hydrogens is 475 g/mol. The fourth-order valence-electron chi connectivity index (χ4n) is 4.23. The van der Waals surface area contributed by atoms with Crippen LogP contribution in [0.3, 0.4) is 0 Å². The molecule has 0 spiro atoms. The van der Waals surface area contributed by atoms with Crippen molar-refractivity contribution in [3.8, 4) is 0 Å². The second-order valence-corrected chi connectivity index (χ2v) is 11.0. The third-order valence-electron chi connectivity index (χ3n) is 6.15. The van der Waals surface area contributed by atoms with E-state index in [1.165, 1.54) is 12.1 Å². The van der Waals surface area contributed by atoms with Crippen LogP contribution in [0.25, 0.3) is 10.8 Å². The number of hydrogen-bond donors (Lipinski definition) is 0. The van der Waals surface area contributed by atoms with E-state index in [9.17, 15) is 17.6 Å². The molecule has 172 valence electrons. The van der Waals surface area contributed by atoms with E-state index in [1.807, 2.05) is 18.2 Å². The van der Waals surface area contributed by atoms with Gasteiger partial charge in [0.25, 0.3) is 0 Å². The lowest BCUT2D eigenvalue weighted by atomic mass is 10.0. The summed E-state index contributed by atoms with van der Waals surface area (Å²) in [5.74, 6) is -0.636. The van der Waals surface area contributed by atoms with Crippen molar-refractivity contribution in [2.24, 2.45) is 5.92 Å². The molecule has 0 aliphatic heterocycles. The Bertz CT molecular complexity index is 1490. The minimum atomic E-state index is -3.61.